The Hall–Kier alpha value is -2.04. The van der Waals surface area contributed by atoms with Gasteiger partial charge in [-0.25, -0.2) is 0 Å². The van der Waals surface area contributed by atoms with Gasteiger partial charge < -0.3 is 16.0 Å². The van der Waals surface area contributed by atoms with Crippen molar-refractivity contribution in [2.75, 3.05) is 25.0 Å². The Balaban J connectivity index is 1.91. The van der Waals surface area contributed by atoms with Gasteiger partial charge in [0.15, 0.2) is 5.96 Å². The Labute approximate surface area is 151 Å². The van der Waals surface area contributed by atoms with Crippen molar-refractivity contribution in [3.8, 4) is 0 Å². The molecule has 1 amide bonds. The number of hydrogen-bond acceptors (Lipinski definition) is 2. The Morgan fingerprint density at radius 1 is 1.28 bits per heavy atom. The maximum absolute atomic E-state index is 11.9. The number of carbonyl (C=O) groups excluding carboxylic acids is 1. The molecule has 2 rings (SSSR count). The monoisotopic (exact) mass is 344 g/mol. The number of unbranched alkanes of at least 4 members (excludes halogenated alkanes) is 1. The van der Waals surface area contributed by atoms with Crippen LogP contribution >= 0.6 is 0 Å². The minimum absolute atomic E-state index is 0.0746. The summed E-state index contributed by atoms with van der Waals surface area (Å²) >= 11 is 0. The van der Waals surface area contributed by atoms with E-state index in [1.807, 2.05) is 18.2 Å². The highest BCUT2D eigenvalue weighted by Crippen LogP contribution is 2.31. The average Bonchev–Trinajstić information content (AvgIpc) is 2.58. The molecule has 0 radical (unpaired) electrons. The summed E-state index contributed by atoms with van der Waals surface area (Å²) in [6.07, 6.45) is 4.15. The number of carbonyl (C=O) groups is 1. The van der Waals surface area contributed by atoms with Crippen LogP contribution in [0.25, 0.3) is 0 Å². The Morgan fingerprint density at radius 2 is 2.08 bits per heavy atom. The molecule has 1 atom stereocenters. The zero-order valence-electron chi connectivity index (χ0n) is 15.8. The van der Waals surface area contributed by atoms with Crippen LogP contribution in [-0.2, 0) is 4.79 Å². The van der Waals surface area contributed by atoms with Crippen LogP contribution in [0.5, 0.6) is 0 Å². The van der Waals surface area contributed by atoms with E-state index in [1.165, 1.54) is 18.4 Å². The molecule has 1 aliphatic rings. The van der Waals surface area contributed by atoms with Crippen LogP contribution in [0.4, 0.5) is 5.69 Å². The number of para-hydroxylation sites is 1. The number of amides is 1. The lowest BCUT2D eigenvalue weighted by Crippen LogP contribution is -2.38. The maximum atomic E-state index is 11.9. The first kappa shape index (κ1) is 19.3. The molecule has 0 saturated carbocycles. The number of guanidine groups is 1. The van der Waals surface area contributed by atoms with Gasteiger partial charge in [-0.05, 0) is 30.9 Å². The number of benzene rings is 1. The van der Waals surface area contributed by atoms with E-state index >= 15 is 0 Å². The van der Waals surface area contributed by atoms with Crippen LogP contribution in [0.2, 0.25) is 0 Å². The van der Waals surface area contributed by atoms with Crippen molar-refractivity contribution in [2.45, 2.75) is 52.4 Å². The number of nitrogens with zero attached hydrogens (tertiary/aromatic N) is 1. The van der Waals surface area contributed by atoms with E-state index in [9.17, 15) is 4.79 Å². The van der Waals surface area contributed by atoms with Crippen molar-refractivity contribution in [3.63, 3.8) is 0 Å². The van der Waals surface area contributed by atoms with Gasteiger partial charge in [-0.15, -0.1) is 0 Å². The van der Waals surface area contributed by atoms with Gasteiger partial charge in [0.2, 0.25) is 5.91 Å². The van der Waals surface area contributed by atoms with Gasteiger partial charge in [-0.3, -0.25) is 9.79 Å². The van der Waals surface area contributed by atoms with Gasteiger partial charge >= 0.3 is 0 Å². The minimum atomic E-state index is 0.0746. The van der Waals surface area contributed by atoms with Crippen LogP contribution in [0, 0.1) is 5.92 Å². The first-order valence-corrected chi connectivity index (χ1v) is 9.51. The van der Waals surface area contributed by atoms with Gasteiger partial charge in [0, 0.05) is 31.1 Å². The second-order valence-corrected chi connectivity index (χ2v) is 7.07. The summed E-state index contributed by atoms with van der Waals surface area (Å²) in [5.74, 6) is 1.82. The lowest BCUT2D eigenvalue weighted by atomic mass is 9.91. The van der Waals surface area contributed by atoms with Crippen molar-refractivity contribution in [2.24, 2.45) is 10.9 Å². The quantitative estimate of drug-likeness (QED) is 0.384. The maximum Gasteiger partial charge on any atom is 0.225 e. The van der Waals surface area contributed by atoms with Crippen LogP contribution in [0.15, 0.2) is 29.3 Å². The second kappa shape index (κ2) is 10.1. The Kier molecular flexibility index (Phi) is 7.76. The van der Waals surface area contributed by atoms with Gasteiger partial charge in [-0.1, -0.05) is 44.9 Å². The number of anilines is 1. The van der Waals surface area contributed by atoms with Gasteiger partial charge in [0.1, 0.15) is 0 Å². The zero-order chi connectivity index (χ0) is 18.1. The van der Waals surface area contributed by atoms with E-state index in [-0.39, 0.29) is 11.8 Å². The van der Waals surface area contributed by atoms with E-state index in [0.29, 0.717) is 13.0 Å². The molecule has 0 bridgehead atoms. The van der Waals surface area contributed by atoms with Crippen molar-refractivity contribution >= 4 is 17.6 Å². The van der Waals surface area contributed by atoms with E-state index in [2.05, 4.69) is 42.8 Å². The molecule has 1 heterocycles. The Morgan fingerprint density at radius 3 is 2.84 bits per heavy atom. The smallest absolute Gasteiger partial charge is 0.225 e. The fraction of sp³-hybridized carbons (Fsp3) is 0.600. The van der Waals surface area contributed by atoms with E-state index in [1.54, 1.807) is 0 Å². The molecule has 138 valence electrons. The van der Waals surface area contributed by atoms with Crippen LogP contribution in [-0.4, -0.2) is 31.5 Å². The summed E-state index contributed by atoms with van der Waals surface area (Å²) in [6, 6.07) is 8.02. The minimum Gasteiger partial charge on any atom is -0.357 e. The molecule has 5 nitrogen and oxygen atoms in total. The van der Waals surface area contributed by atoms with Crippen LogP contribution in [0.3, 0.4) is 0 Å². The fourth-order valence-corrected chi connectivity index (χ4v) is 3.09. The van der Waals surface area contributed by atoms with E-state index < -0.39 is 0 Å². The zero-order valence-corrected chi connectivity index (χ0v) is 15.8. The predicted molar refractivity (Wildman–Crippen MR) is 105 cm³/mol. The normalized spacial score (nSPS) is 17.2. The molecule has 25 heavy (non-hydrogen) atoms. The molecule has 1 unspecified atom stereocenters. The highest BCUT2D eigenvalue weighted by Gasteiger charge is 2.24. The molecule has 0 aliphatic carbocycles. The molecular weight excluding hydrogens is 312 g/mol. The first-order valence-electron chi connectivity index (χ1n) is 9.51. The highest BCUT2D eigenvalue weighted by atomic mass is 16.1. The van der Waals surface area contributed by atoms with Crippen LogP contribution < -0.4 is 16.0 Å². The van der Waals surface area contributed by atoms with Crippen molar-refractivity contribution in [3.05, 3.63) is 29.8 Å². The molecule has 5 heteroatoms. The summed E-state index contributed by atoms with van der Waals surface area (Å²) in [5.41, 5.74) is 2.10. The van der Waals surface area contributed by atoms with Crippen LogP contribution in [0.1, 0.15) is 57.9 Å². The van der Waals surface area contributed by atoms with Gasteiger partial charge in [0.05, 0.1) is 6.54 Å². The fourth-order valence-electron chi connectivity index (χ4n) is 3.09. The number of hydrogen-bond donors (Lipinski definition) is 3. The summed E-state index contributed by atoms with van der Waals surface area (Å²) in [6.45, 7) is 8.97. The molecule has 0 aromatic heterocycles. The molecule has 1 aliphatic heterocycles. The summed E-state index contributed by atoms with van der Waals surface area (Å²) in [4.78, 5) is 16.6. The number of rotatable bonds is 8. The molecule has 0 saturated heterocycles. The van der Waals surface area contributed by atoms with Crippen molar-refractivity contribution < 1.29 is 4.79 Å². The van der Waals surface area contributed by atoms with E-state index in [0.717, 1.165) is 37.1 Å². The van der Waals surface area contributed by atoms with Crippen molar-refractivity contribution in [1.29, 1.82) is 0 Å². The molecule has 0 fully saturated rings. The van der Waals surface area contributed by atoms with Crippen molar-refractivity contribution in [1.82, 2.24) is 10.6 Å². The summed E-state index contributed by atoms with van der Waals surface area (Å²) in [5, 5.41) is 9.64. The predicted octanol–water partition coefficient (Wildman–Crippen LogP) is 3.49. The lowest BCUT2D eigenvalue weighted by Gasteiger charge is -2.24. The SMILES string of the molecule is CCNC(=NCC1CC(=O)Nc2ccccc21)NCCCCC(C)C. The third-order valence-corrected chi connectivity index (χ3v) is 4.42. The average molecular weight is 345 g/mol. The number of nitrogens with one attached hydrogen (secondary N) is 3. The second-order valence-electron chi connectivity index (χ2n) is 7.07. The lowest BCUT2D eigenvalue weighted by molar-refractivity contribution is -0.116. The highest BCUT2D eigenvalue weighted by molar-refractivity contribution is 5.94. The molecular formula is C20H32N4O. The van der Waals surface area contributed by atoms with Gasteiger partial charge in [0.25, 0.3) is 0 Å². The van der Waals surface area contributed by atoms with Gasteiger partial charge in [-0.2, -0.15) is 0 Å². The summed E-state index contributed by atoms with van der Waals surface area (Å²) in [7, 11) is 0. The topological polar surface area (TPSA) is 65.5 Å². The number of fused-ring (bicyclic) bond motifs is 1. The molecule has 1 aromatic rings. The number of aliphatic imine (C=N–C) groups is 1. The third kappa shape index (κ3) is 6.40. The molecule has 3 N–H and O–H groups in total. The standard InChI is InChI=1S/C20H32N4O/c1-4-21-20(22-12-8-7-9-15(2)3)23-14-16-13-19(25)24-18-11-6-5-10-17(16)18/h5-6,10-11,15-16H,4,7-9,12-14H2,1-3H3,(H,24,25)(H2,21,22,23). The van der Waals surface area contributed by atoms with E-state index in [4.69, 9.17) is 4.99 Å². The largest absolute Gasteiger partial charge is 0.357 e. The molecule has 1 aromatic carbocycles. The first-order chi connectivity index (χ1) is 12.1. The Bertz CT molecular complexity index is 583. The third-order valence-electron chi connectivity index (χ3n) is 4.42. The molecule has 0 spiro atoms. The summed E-state index contributed by atoms with van der Waals surface area (Å²) < 4.78 is 0.